The number of carbonyl (C=O) groups is 1. The highest BCUT2D eigenvalue weighted by atomic mass is 16.2. The van der Waals surface area contributed by atoms with E-state index in [2.05, 4.69) is 31.5 Å². The van der Waals surface area contributed by atoms with Crippen LogP contribution in [0.15, 0.2) is 6.20 Å². The van der Waals surface area contributed by atoms with Crippen molar-refractivity contribution in [3.63, 3.8) is 0 Å². The molecule has 4 rings (SSSR count). The lowest BCUT2D eigenvalue weighted by atomic mass is 10.1. The molecular weight excluding hydrogens is 366 g/mol. The van der Waals surface area contributed by atoms with Gasteiger partial charge in [0.1, 0.15) is 5.82 Å². The Morgan fingerprint density at radius 1 is 1.24 bits per heavy atom. The van der Waals surface area contributed by atoms with Crippen LogP contribution >= 0.6 is 0 Å². The highest BCUT2D eigenvalue weighted by Crippen LogP contribution is 2.40. The van der Waals surface area contributed by atoms with Gasteiger partial charge in [-0.05, 0) is 33.1 Å². The van der Waals surface area contributed by atoms with Gasteiger partial charge in [0.05, 0.1) is 5.69 Å². The van der Waals surface area contributed by atoms with Crippen molar-refractivity contribution >= 4 is 11.7 Å². The molecule has 8 nitrogen and oxygen atoms in total. The topological polar surface area (TPSA) is 79.2 Å². The van der Waals surface area contributed by atoms with Crippen LogP contribution < -0.4 is 10.2 Å². The van der Waals surface area contributed by atoms with Gasteiger partial charge in [-0.1, -0.05) is 0 Å². The summed E-state index contributed by atoms with van der Waals surface area (Å²) in [5.74, 6) is 1.65. The Balaban J connectivity index is 1.44. The Morgan fingerprint density at radius 2 is 2.00 bits per heavy atom. The molecule has 0 radical (unpaired) electrons. The second kappa shape index (κ2) is 7.74. The average Bonchev–Trinajstić information content (AvgIpc) is 3.30. The normalized spacial score (nSPS) is 19.1. The Bertz CT molecular complexity index is 916. The standard InChI is InChI=1S/C21H31N7O/c1-13-14(2)23-19(21(29)26(3)4)24-20(13)28-9-8-17(12-28)22-10-16-11-27(5)25-18(16)15-6-7-15/h11,15,17,22H,6-10,12H2,1-5H3/t17-/m1/s1. The second-order valence-corrected chi connectivity index (χ2v) is 8.58. The van der Waals surface area contributed by atoms with Crippen molar-refractivity contribution in [1.82, 2.24) is 30.0 Å². The van der Waals surface area contributed by atoms with Gasteiger partial charge < -0.3 is 15.1 Å². The molecule has 0 bridgehead atoms. The van der Waals surface area contributed by atoms with E-state index in [1.807, 2.05) is 25.6 Å². The van der Waals surface area contributed by atoms with Gasteiger partial charge in [0.15, 0.2) is 0 Å². The molecule has 1 aliphatic carbocycles. The highest BCUT2D eigenvalue weighted by molar-refractivity contribution is 5.90. The Kier molecular flexibility index (Phi) is 5.29. The number of nitrogens with zero attached hydrogens (tertiary/aromatic N) is 6. The molecule has 2 aromatic heterocycles. The van der Waals surface area contributed by atoms with E-state index < -0.39 is 0 Å². The van der Waals surface area contributed by atoms with Crippen molar-refractivity contribution < 1.29 is 4.79 Å². The SMILES string of the molecule is Cc1nc(C(=O)N(C)C)nc(N2CC[C@@H](NCc3cn(C)nc3C3CC3)C2)c1C. The third kappa shape index (κ3) is 4.12. The number of anilines is 1. The summed E-state index contributed by atoms with van der Waals surface area (Å²) in [5, 5.41) is 8.37. The third-order valence-corrected chi connectivity index (χ3v) is 5.93. The van der Waals surface area contributed by atoms with Crippen molar-refractivity contribution in [2.75, 3.05) is 32.1 Å². The van der Waals surface area contributed by atoms with Gasteiger partial charge in [-0.25, -0.2) is 9.97 Å². The minimum atomic E-state index is -0.160. The van der Waals surface area contributed by atoms with Crippen LogP contribution in [0.25, 0.3) is 0 Å². The number of carbonyl (C=O) groups excluding carboxylic acids is 1. The zero-order valence-corrected chi connectivity index (χ0v) is 18.1. The van der Waals surface area contributed by atoms with E-state index in [0.29, 0.717) is 12.0 Å². The van der Waals surface area contributed by atoms with Crippen molar-refractivity contribution in [3.05, 3.63) is 34.5 Å². The monoisotopic (exact) mass is 397 g/mol. The van der Waals surface area contributed by atoms with E-state index in [9.17, 15) is 4.79 Å². The number of nitrogens with one attached hydrogen (secondary N) is 1. The van der Waals surface area contributed by atoms with E-state index in [-0.39, 0.29) is 11.7 Å². The summed E-state index contributed by atoms with van der Waals surface area (Å²) < 4.78 is 1.93. The molecule has 1 saturated carbocycles. The van der Waals surface area contributed by atoms with Crippen LogP contribution in [-0.4, -0.2) is 63.8 Å². The molecule has 0 spiro atoms. The van der Waals surface area contributed by atoms with E-state index in [1.165, 1.54) is 29.0 Å². The lowest BCUT2D eigenvalue weighted by molar-refractivity contribution is 0.0815. The number of aromatic nitrogens is 4. The molecule has 1 saturated heterocycles. The molecule has 1 amide bonds. The number of aryl methyl sites for hydroxylation is 2. The van der Waals surface area contributed by atoms with Crippen molar-refractivity contribution in [1.29, 1.82) is 0 Å². The Labute approximate surface area is 172 Å². The number of hydrogen-bond donors (Lipinski definition) is 1. The minimum absolute atomic E-state index is 0.160. The summed E-state index contributed by atoms with van der Waals surface area (Å²) >= 11 is 0. The molecule has 3 heterocycles. The summed E-state index contributed by atoms with van der Waals surface area (Å²) in [4.78, 5) is 25.2. The predicted octanol–water partition coefficient (Wildman–Crippen LogP) is 1.77. The van der Waals surface area contributed by atoms with Crippen LogP contribution in [0.5, 0.6) is 0 Å². The molecule has 2 fully saturated rings. The second-order valence-electron chi connectivity index (χ2n) is 8.58. The van der Waals surface area contributed by atoms with Gasteiger partial charge in [-0.3, -0.25) is 9.48 Å². The van der Waals surface area contributed by atoms with Crippen LogP contribution in [-0.2, 0) is 13.6 Å². The van der Waals surface area contributed by atoms with E-state index in [1.54, 1.807) is 14.1 Å². The quantitative estimate of drug-likeness (QED) is 0.800. The number of amides is 1. The van der Waals surface area contributed by atoms with Crippen molar-refractivity contribution in [2.45, 2.75) is 51.6 Å². The minimum Gasteiger partial charge on any atom is -0.355 e. The molecular formula is C21H31N7O. The van der Waals surface area contributed by atoms with Crippen molar-refractivity contribution in [3.8, 4) is 0 Å². The van der Waals surface area contributed by atoms with E-state index in [4.69, 9.17) is 0 Å². The summed E-state index contributed by atoms with van der Waals surface area (Å²) in [6, 6.07) is 0.393. The van der Waals surface area contributed by atoms with Crippen molar-refractivity contribution in [2.24, 2.45) is 7.05 Å². The first-order chi connectivity index (χ1) is 13.8. The lowest BCUT2D eigenvalue weighted by Crippen LogP contribution is -2.33. The summed E-state index contributed by atoms with van der Waals surface area (Å²) in [5.41, 5.74) is 4.50. The predicted molar refractivity (Wildman–Crippen MR) is 112 cm³/mol. The van der Waals surface area contributed by atoms with Crippen LogP contribution in [0.1, 0.15) is 58.3 Å². The summed E-state index contributed by atoms with van der Waals surface area (Å²) in [6.07, 6.45) is 5.73. The largest absolute Gasteiger partial charge is 0.355 e. The summed E-state index contributed by atoms with van der Waals surface area (Å²) in [7, 11) is 5.45. The molecule has 0 unspecified atom stereocenters. The van der Waals surface area contributed by atoms with Crippen LogP contribution in [0.4, 0.5) is 5.82 Å². The van der Waals surface area contributed by atoms with E-state index >= 15 is 0 Å². The molecule has 0 aromatic carbocycles. The fourth-order valence-electron chi connectivity index (χ4n) is 3.98. The van der Waals surface area contributed by atoms with Gasteiger partial charge in [0.2, 0.25) is 5.82 Å². The average molecular weight is 398 g/mol. The zero-order valence-electron chi connectivity index (χ0n) is 18.1. The maximum atomic E-state index is 12.4. The maximum absolute atomic E-state index is 12.4. The molecule has 1 aliphatic heterocycles. The molecule has 2 aliphatic rings. The molecule has 2 aromatic rings. The molecule has 29 heavy (non-hydrogen) atoms. The fourth-order valence-corrected chi connectivity index (χ4v) is 3.98. The van der Waals surface area contributed by atoms with Crippen LogP contribution in [0.2, 0.25) is 0 Å². The first-order valence-electron chi connectivity index (χ1n) is 10.4. The third-order valence-electron chi connectivity index (χ3n) is 5.93. The van der Waals surface area contributed by atoms with E-state index in [0.717, 1.165) is 43.1 Å². The van der Waals surface area contributed by atoms with Gasteiger partial charge in [-0.15, -0.1) is 0 Å². The van der Waals surface area contributed by atoms with Crippen LogP contribution in [0, 0.1) is 13.8 Å². The van der Waals surface area contributed by atoms with Gasteiger partial charge in [-0.2, -0.15) is 5.10 Å². The summed E-state index contributed by atoms with van der Waals surface area (Å²) in [6.45, 7) is 6.64. The van der Waals surface area contributed by atoms with Gasteiger partial charge in [0.25, 0.3) is 5.91 Å². The fraction of sp³-hybridized carbons (Fsp3) is 0.619. The number of rotatable bonds is 6. The zero-order chi connectivity index (χ0) is 20.7. The molecule has 1 atom stereocenters. The Morgan fingerprint density at radius 3 is 2.69 bits per heavy atom. The van der Waals surface area contributed by atoms with Crippen LogP contribution in [0.3, 0.4) is 0 Å². The van der Waals surface area contributed by atoms with Gasteiger partial charge >= 0.3 is 0 Å². The highest BCUT2D eigenvalue weighted by Gasteiger charge is 2.30. The molecule has 8 heteroatoms. The Hall–Kier alpha value is -2.48. The van der Waals surface area contributed by atoms with Gasteiger partial charge in [0, 0.05) is 75.8 Å². The lowest BCUT2D eigenvalue weighted by Gasteiger charge is -2.22. The number of hydrogen-bond acceptors (Lipinski definition) is 6. The molecule has 1 N–H and O–H groups in total. The first-order valence-corrected chi connectivity index (χ1v) is 10.4. The molecule has 156 valence electrons. The first kappa shape index (κ1) is 19.8. The smallest absolute Gasteiger partial charge is 0.291 e. The maximum Gasteiger partial charge on any atom is 0.291 e.